The average molecular weight is 482 g/mol. The fourth-order valence-corrected chi connectivity index (χ4v) is 9.68. The van der Waals surface area contributed by atoms with Crippen molar-refractivity contribution < 1.29 is 4.74 Å². The molecule has 6 atom stereocenters. The van der Waals surface area contributed by atoms with Crippen molar-refractivity contribution in [2.75, 3.05) is 6.54 Å². The normalized spacial score (nSPS) is 39.1. The van der Waals surface area contributed by atoms with Crippen LogP contribution in [0.25, 0.3) is 10.8 Å². The second kappa shape index (κ2) is 8.05. The number of hydrogen-bond donors (Lipinski definition) is 0. The van der Waals surface area contributed by atoms with Crippen molar-refractivity contribution >= 4 is 10.8 Å². The predicted molar refractivity (Wildman–Crippen MR) is 149 cm³/mol. The summed E-state index contributed by atoms with van der Waals surface area (Å²) in [5.74, 6) is 1.23. The van der Waals surface area contributed by atoms with E-state index in [0.29, 0.717) is 23.9 Å². The third-order valence-electron chi connectivity index (χ3n) is 11.3. The highest BCUT2D eigenvalue weighted by Gasteiger charge is 2.66. The van der Waals surface area contributed by atoms with Gasteiger partial charge in [-0.1, -0.05) is 68.5 Å². The van der Waals surface area contributed by atoms with Crippen LogP contribution in [0.3, 0.4) is 0 Å². The lowest BCUT2D eigenvalue weighted by molar-refractivity contribution is -0.141. The van der Waals surface area contributed by atoms with Crippen LogP contribution in [0.5, 0.6) is 0 Å². The summed E-state index contributed by atoms with van der Waals surface area (Å²) < 4.78 is 7.56. The van der Waals surface area contributed by atoms with E-state index in [4.69, 9.17) is 4.74 Å². The van der Waals surface area contributed by atoms with Gasteiger partial charge < -0.3 is 4.74 Å². The molecule has 2 saturated carbocycles. The first-order chi connectivity index (χ1) is 17.4. The van der Waals surface area contributed by atoms with Crippen LogP contribution in [0.1, 0.15) is 90.5 Å². The molecule has 3 fully saturated rings. The lowest BCUT2D eigenvalue weighted by atomic mass is 9.58. The van der Waals surface area contributed by atoms with Gasteiger partial charge in [-0.2, -0.15) is 0 Å². The molecule has 36 heavy (non-hydrogen) atoms. The van der Waals surface area contributed by atoms with Gasteiger partial charge in [-0.05, 0) is 116 Å². The maximum atomic E-state index is 7.56. The predicted octanol–water partition coefficient (Wildman–Crippen LogP) is 8.18. The molecular weight excluding hydrogens is 438 g/mol. The Morgan fingerprint density at radius 1 is 1.03 bits per heavy atom. The molecule has 1 saturated heterocycles. The molecule has 3 aliphatic carbocycles. The second-order valence-electron chi connectivity index (χ2n) is 13.1. The summed E-state index contributed by atoms with van der Waals surface area (Å²) in [5, 5.41) is 2.73. The number of benzene rings is 2. The molecule has 0 amide bonds. The van der Waals surface area contributed by atoms with Crippen LogP contribution in [0.4, 0.5) is 0 Å². The summed E-state index contributed by atoms with van der Waals surface area (Å²) in [6.45, 7) is 10.8. The number of fused-ring (bicyclic) bond motifs is 2. The molecule has 0 aromatic heterocycles. The van der Waals surface area contributed by atoms with E-state index in [0.717, 1.165) is 6.54 Å². The van der Waals surface area contributed by atoms with Gasteiger partial charge in [0, 0.05) is 12.1 Å². The molecule has 2 aromatic rings. The Morgan fingerprint density at radius 2 is 1.86 bits per heavy atom. The Balaban J connectivity index is 1.24. The summed E-state index contributed by atoms with van der Waals surface area (Å²) in [6, 6.07) is 17.3. The summed E-state index contributed by atoms with van der Waals surface area (Å²) in [7, 11) is 0. The maximum absolute atomic E-state index is 7.56. The summed E-state index contributed by atoms with van der Waals surface area (Å²) >= 11 is 0. The Morgan fingerprint density at radius 3 is 2.67 bits per heavy atom. The largest absolute Gasteiger partial charge is 0.359 e. The van der Waals surface area contributed by atoms with Crippen LogP contribution in [0, 0.1) is 11.3 Å². The zero-order valence-corrected chi connectivity index (χ0v) is 22.7. The number of ether oxygens (including phenoxy) is 1. The standard InChI is InChI=1S/C34H43NO/c1-5-35(23(2)3)29-13-12-27-21-28-16-17-32(4)30(26-11-10-24-8-6-7-9-25(24)20-26)14-15-31(32)34(28)19-18-33(27,22-29)36-34/h6-11,16,20-21,23,29-31H,5,12-15,17-19,22H2,1-4H3/t29-,30-,31-,32-,33-,34-/m1/s1. The fraction of sp³-hybridized carbons (Fsp3) is 0.588. The van der Waals surface area contributed by atoms with Crippen molar-refractivity contribution in [3.05, 3.63) is 71.3 Å². The van der Waals surface area contributed by atoms with Gasteiger partial charge in [-0.3, -0.25) is 4.90 Å². The molecule has 2 aliphatic heterocycles. The van der Waals surface area contributed by atoms with Crippen molar-refractivity contribution in [3.8, 4) is 0 Å². The topological polar surface area (TPSA) is 12.5 Å². The molecule has 2 nitrogen and oxygen atoms in total. The fourth-order valence-electron chi connectivity index (χ4n) is 9.68. The zero-order valence-electron chi connectivity index (χ0n) is 22.7. The third-order valence-corrected chi connectivity index (χ3v) is 11.3. The highest BCUT2D eigenvalue weighted by atomic mass is 16.5. The molecule has 0 N–H and O–H groups in total. The highest BCUT2D eigenvalue weighted by molar-refractivity contribution is 5.83. The molecule has 7 rings (SSSR count). The van der Waals surface area contributed by atoms with Gasteiger partial charge in [0.15, 0.2) is 0 Å². The summed E-state index contributed by atoms with van der Waals surface area (Å²) in [6.07, 6.45) is 15.1. The zero-order chi connectivity index (χ0) is 24.7. The molecule has 2 aromatic carbocycles. The van der Waals surface area contributed by atoms with Crippen molar-refractivity contribution in [3.63, 3.8) is 0 Å². The molecule has 2 heteroatoms. The molecule has 2 spiro atoms. The minimum atomic E-state index is -0.0567. The molecule has 2 bridgehead atoms. The van der Waals surface area contributed by atoms with Gasteiger partial charge in [0.1, 0.15) is 0 Å². The van der Waals surface area contributed by atoms with E-state index in [9.17, 15) is 0 Å². The van der Waals surface area contributed by atoms with Crippen LogP contribution in [-0.2, 0) is 4.74 Å². The third kappa shape index (κ3) is 3.10. The molecule has 0 radical (unpaired) electrons. The van der Waals surface area contributed by atoms with Crippen LogP contribution >= 0.6 is 0 Å². The molecule has 2 heterocycles. The van der Waals surface area contributed by atoms with Crippen molar-refractivity contribution in [2.24, 2.45) is 11.3 Å². The monoisotopic (exact) mass is 481 g/mol. The Bertz CT molecular complexity index is 1260. The van der Waals surface area contributed by atoms with Crippen molar-refractivity contribution in [1.82, 2.24) is 4.90 Å². The molecule has 5 aliphatic rings. The average Bonchev–Trinajstić information content (AvgIpc) is 3.39. The minimum Gasteiger partial charge on any atom is -0.359 e. The van der Waals surface area contributed by atoms with Crippen LogP contribution in [0.15, 0.2) is 65.8 Å². The quantitative estimate of drug-likeness (QED) is 0.436. The van der Waals surface area contributed by atoms with Gasteiger partial charge in [0.2, 0.25) is 0 Å². The number of allylic oxidation sites excluding steroid dienone is 1. The lowest BCUT2D eigenvalue weighted by Gasteiger charge is -2.55. The van der Waals surface area contributed by atoms with Gasteiger partial charge in [-0.25, -0.2) is 0 Å². The number of nitrogens with zero attached hydrogens (tertiary/aromatic N) is 1. The smallest absolute Gasteiger partial charge is 0.0974 e. The number of hydrogen-bond acceptors (Lipinski definition) is 2. The lowest BCUT2D eigenvalue weighted by Crippen LogP contribution is -2.56. The molecule has 0 unspecified atom stereocenters. The van der Waals surface area contributed by atoms with Gasteiger partial charge in [0.05, 0.1) is 11.2 Å². The van der Waals surface area contributed by atoms with Crippen molar-refractivity contribution in [2.45, 2.75) is 108 Å². The van der Waals surface area contributed by atoms with Crippen LogP contribution < -0.4 is 0 Å². The van der Waals surface area contributed by atoms with E-state index in [1.165, 1.54) is 62.1 Å². The van der Waals surface area contributed by atoms with E-state index >= 15 is 0 Å². The number of rotatable bonds is 4. The van der Waals surface area contributed by atoms with E-state index < -0.39 is 0 Å². The Kier molecular flexibility index (Phi) is 5.19. The summed E-state index contributed by atoms with van der Waals surface area (Å²) in [5.41, 5.74) is 4.90. The SMILES string of the molecule is CCN(C(C)C)[C@@H]1CCC2=CC3=CC[C@]4(C)[C@@H](c5ccc6ccccc6c5)CC[C@H]4[C@@]34CC[C@]2(C1)O4. The first-order valence-corrected chi connectivity index (χ1v) is 14.7. The van der Waals surface area contributed by atoms with Gasteiger partial charge in [0.25, 0.3) is 0 Å². The van der Waals surface area contributed by atoms with Crippen molar-refractivity contribution in [1.29, 1.82) is 0 Å². The molecular formula is C34H43NO. The first-order valence-electron chi connectivity index (χ1n) is 14.7. The maximum Gasteiger partial charge on any atom is 0.0974 e. The van der Waals surface area contributed by atoms with E-state index in [-0.39, 0.29) is 16.6 Å². The second-order valence-corrected chi connectivity index (χ2v) is 13.1. The van der Waals surface area contributed by atoms with Crippen LogP contribution in [-0.4, -0.2) is 34.7 Å². The Hall–Kier alpha value is -1.90. The van der Waals surface area contributed by atoms with E-state index in [1.807, 2.05) is 0 Å². The van der Waals surface area contributed by atoms with E-state index in [1.54, 1.807) is 16.7 Å². The summed E-state index contributed by atoms with van der Waals surface area (Å²) in [4.78, 5) is 2.72. The van der Waals surface area contributed by atoms with Gasteiger partial charge in [-0.15, -0.1) is 0 Å². The van der Waals surface area contributed by atoms with E-state index in [2.05, 4.69) is 87.2 Å². The Labute approximate surface area is 217 Å². The van der Waals surface area contributed by atoms with Crippen LogP contribution in [0.2, 0.25) is 0 Å². The molecule has 190 valence electrons. The first kappa shape index (κ1) is 23.2. The minimum absolute atomic E-state index is 0.0121. The van der Waals surface area contributed by atoms with Gasteiger partial charge >= 0.3 is 0 Å². The highest BCUT2D eigenvalue weighted by Crippen LogP contribution is 2.69.